The maximum atomic E-state index is 11.3. The first-order valence-corrected chi connectivity index (χ1v) is 12.0. The van der Waals surface area contributed by atoms with Crippen LogP contribution in [0.25, 0.3) is 0 Å². The largest absolute Gasteiger partial charge is 0.446 e. The van der Waals surface area contributed by atoms with E-state index >= 15 is 0 Å². The van der Waals surface area contributed by atoms with Gasteiger partial charge in [-0.05, 0) is 74.3 Å². The summed E-state index contributed by atoms with van der Waals surface area (Å²) in [7, 11) is 0. The first-order valence-electron chi connectivity index (χ1n) is 12.0. The van der Waals surface area contributed by atoms with Gasteiger partial charge < -0.3 is 20.9 Å². The molecule has 0 unspecified atom stereocenters. The quantitative estimate of drug-likeness (QED) is 0.624. The van der Waals surface area contributed by atoms with E-state index < -0.39 is 12.2 Å². The molecule has 2 saturated carbocycles. The fourth-order valence-corrected chi connectivity index (χ4v) is 6.47. The Bertz CT molecular complexity index is 840. The summed E-state index contributed by atoms with van der Waals surface area (Å²) < 4.78 is 10.7. The Labute approximate surface area is 195 Å². The molecular weight excluding hydrogens is 416 g/mol. The molecule has 2 aromatic carbocycles. The lowest BCUT2D eigenvalue weighted by Gasteiger charge is -2.51. The minimum absolute atomic E-state index is 0.109. The van der Waals surface area contributed by atoms with Gasteiger partial charge in [0.25, 0.3) is 0 Å². The van der Waals surface area contributed by atoms with E-state index in [1.807, 2.05) is 0 Å². The van der Waals surface area contributed by atoms with Gasteiger partial charge in [-0.15, -0.1) is 0 Å². The molecule has 2 fully saturated rings. The van der Waals surface area contributed by atoms with Crippen LogP contribution >= 0.6 is 0 Å². The van der Waals surface area contributed by atoms with Crippen LogP contribution in [-0.2, 0) is 14.9 Å². The first kappa shape index (κ1) is 23.1. The zero-order chi connectivity index (χ0) is 23.3. The average molecular weight is 451 g/mol. The summed E-state index contributed by atoms with van der Waals surface area (Å²) in [6.07, 6.45) is 5.49. The number of hydrogen-bond donors (Lipinski definition) is 2. The van der Waals surface area contributed by atoms with E-state index in [0.717, 1.165) is 51.4 Å². The lowest BCUT2D eigenvalue weighted by Crippen LogP contribution is -2.47. The molecule has 4 rings (SSSR count). The van der Waals surface area contributed by atoms with E-state index in [0.29, 0.717) is 11.8 Å². The van der Waals surface area contributed by atoms with Gasteiger partial charge in [-0.25, -0.2) is 9.59 Å². The number of carbonyl (C=O) groups is 2. The van der Waals surface area contributed by atoms with Crippen molar-refractivity contribution in [2.75, 3.05) is 0 Å². The fourth-order valence-electron chi connectivity index (χ4n) is 6.47. The molecule has 33 heavy (non-hydrogen) atoms. The van der Waals surface area contributed by atoms with Crippen LogP contribution in [0.4, 0.5) is 9.59 Å². The Morgan fingerprint density at radius 1 is 0.606 bits per heavy atom. The van der Waals surface area contributed by atoms with Crippen molar-refractivity contribution in [1.29, 1.82) is 0 Å². The highest BCUT2D eigenvalue weighted by atomic mass is 16.6. The van der Waals surface area contributed by atoms with Crippen molar-refractivity contribution in [2.24, 2.45) is 23.3 Å². The highest BCUT2D eigenvalue weighted by Gasteiger charge is 2.49. The van der Waals surface area contributed by atoms with Crippen molar-refractivity contribution in [3.8, 4) is 0 Å². The third-order valence-corrected chi connectivity index (χ3v) is 7.70. The Kier molecular flexibility index (Phi) is 7.21. The number of amides is 2. The molecule has 2 aromatic rings. The van der Waals surface area contributed by atoms with Gasteiger partial charge in [0.15, 0.2) is 0 Å². The molecule has 0 aliphatic heterocycles. The van der Waals surface area contributed by atoms with E-state index in [4.69, 9.17) is 20.9 Å². The number of ether oxygens (including phenoxy) is 2. The SMILES string of the molecule is NC(=O)OC1CCC(C(c2ccccc2)(c2ccccc2)C2CCC(OC(N)=O)CC2)CC1. The van der Waals surface area contributed by atoms with Crippen LogP contribution in [0.1, 0.15) is 62.5 Å². The van der Waals surface area contributed by atoms with Crippen molar-refractivity contribution in [1.82, 2.24) is 0 Å². The van der Waals surface area contributed by atoms with Crippen molar-refractivity contribution >= 4 is 12.2 Å². The number of nitrogens with two attached hydrogens (primary N) is 2. The van der Waals surface area contributed by atoms with Crippen LogP contribution < -0.4 is 11.5 Å². The third kappa shape index (κ3) is 5.00. The van der Waals surface area contributed by atoms with Crippen molar-refractivity contribution in [2.45, 2.75) is 69.0 Å². The highest BCUT2D eigenvalue weighted by molar-refractivity contribution is 5.65. The number of benzene rings is 2. The van der Waals surface area contributed by atoms with E-state index in [-0.39, 0.29) is 17.6 Å². The van der Waals surface area contributed by atoms with Gasteiger partial charge in [-0.2, -0.15) is 0 Å². The predicted molar refractivity (Wildman–Crippen MR) is 126 cm³/mol. The van der Waals surface area contributed by atoms with Gasteiger partial charge in [0.05, 0.1) is 0 Å². The molecule has 2 aliphatic rings. The van der Waals surface area contributed by atoms with Gasteiger partial charge in [-0.3, -0.25) is 0 Å². The molecule has 0 saturated heterocycles. The molecule has 0 atom stereocenters. The molecule has 0 bridgehead atoms. The second-order valence-corrected chi connectivity index (χ2v) is 9.42. The summed E-state index contributed by atoms with van der Waals surface area (Å²) in [6, 6.07) is 21.6. The lowest BCUT2D eigenvalue weighted by molar-refractivity contribution is 0.0279. The summed E-state index contributed by atoms with van der Waals surface area (Å²) in [5.41, 5.74) is 13.1. The molecule has 176 valence electrons. The van der Waals surface area contributed by atoms with Gasteiger partial charge in [0.2, 0.25) is 0 Å². The number of carbonyl (C=O) groups excluding carboxylic acids is 2. The lowest BCUT2D eigenvalue weighted by atomic mass is 9.53. The van der Waals surface area contributed by atoms with Gasteiger partial charge in [0, 0.05) is 5.41 Å². The van der Waals surface area contributed by atoms with Gasteiger partial charge in [-0.1, -0.05) is 60.7 Å². The molecule has 2 amide bonds. The van der Waals surface area contributed by atoms with Crippen LogP contribution in [0.5, 0.6) is 0 Å². The minimum atomic E-state index is -0.691. The molecule has 6 heteroatoms. The van der Waals surface area contributed by atoms with Crippen LogP contribution in [-0.4, -0.2) is 24.4 Å². The summed E-state index contributed by atoms with van der Waals surface area (Å²) >= 11 is 0. The second-order valence-electron chi connectivity index (χ2n) is 9.42. The Balaban J connectivity index is 1.71. The van der Waals surface area contributed by atoms with Crippen LogP contribution in [0, 0.1) is 11.8 Å². The normalized spacial score (nSPS) is 25.7. The van der Waals surface area contributed by atoms with Gasteiger partial charge in [0.1, 0.15) is 12.2 Å². The molecule has 0 radical (unpaired) electrons. The number of rotatable bonds is 6. The maximum absolute atomic E-state index is 11.3. The first-order chi connectivity index (χ1) is 16.0. The fraction of sp³-hybridized carbons (Fsp3) is 0.481. The second kappa shape index (κ2) is 10.3. The molecule has 0 aromatic heterocycles. The molecular formula is C27H34N2O4. The van der Waals surface area contributed by atoms with Crippen LogP contribution in [0.15, 0.2) is 60.7 Å². The van der Waals surface area contributed by atoms with Crippen LogP contribution in [0.2, 0.25) is 0 Å². The molecule has 2 aliphatic carbocycles. The maximum Gasteiger partial charge on any atom is 0.404 e. The summed E-state index contributed by atoms with van der Waals surface area (Å²) in [4.78, 5) is 22.6. The predicted octanol–water partition coefficient (Wildman–Crippen LogP) is 5.28. The summed E-state index contributed by atoms with van der Waals surface area (Å²) in [6.45, 7) is 0. The summed E-state index contributed by atoms with van der Waals surface area (Å²) in [5, 5.41) is 0. The van der Waals surface area contributed by atoms with E-state index in [2.05, 4.69) is 60.7 Å². The Morgan fingerprint density at radius 2 is 0.939 bits per heavy atom. The number of primary amides is 2. The molecule has 0 heterocycles. The zero-order valence-electron chi connectivity index (χ0n) is 19.0. The highest BCUT2D eigenvalue weighted by Crippen LogP contribution is 2.54. The standard InChI is InChI=1S/C27H34N2O4/c28-25(30)32-23-15-11-21(12-16-23)27(19-7-3-1-4-8-19,20-9-5-2-6-10-20)22-13-17-24(18-14-22)33-26(29)31/h1-10,21-24H,11-18H2,(H2,28,30)(H2,29,31). The van der Waals surface area contributed by atoms with Crippen molar-refractivity contribution in [3.05, 3.63) is 71.8 Å². The number of hydrogen-bond acceptors (Lipinski definition) is 4. The third-order valence-electron chi connectivity index (χ3n) is 7.70. The van der Waals surface area contributed by atoms with E-state index in [1.54, 1.807) is 0 Å². The minimum Gasteiger partial charge on any atom is -0.446 e. The molecule has 4 N–H and O–H groups in total. The van der Waals surface area contributed by atoms with Crippen LogP contribution in [0.3, 0.4) is 0 Å². The zero-order valence-corrected chi connectivity index (χ0v) is 19.0. The smallest absolute Gasteiger partial charge is 0.404 e. The summed E-state index contributed by atoms with van der Waals surface area (Å²) in [5.74, 6) is 0.794. The van der Waals surface area contributed by atoms with Crippen molar-refractivity contribution < 1.29 is 19.1 Å². The van der Waals surface area contributed by atoms with Crippen molar-refractivity contribution in [3.63, 3.8) is 0 Å². The topological polar surface area (TPSA) is 105 Å². The molecule has 6 nitrogen and oxygen atoms in total. The Morgan fingerprint density at radius 3 is 1.24 bits per heavy atom. The monoisotopic (exact) mass is 450 g/mol. The van der Waals surface area contributed by atoms with E-state index in [9.17, 15) is 9.59 Å². The van der Waals surface area contributed by atoms with E-state index in [1.165, 1.54) is 11.1 Å². The van der Waals surface area contributed by atoms with Gasteiger partial charge >= 0.3 is 12.2 Å². The Hall–Kier alpha value is -3.02. The molecule has 0 spiro atoms. The average Bonchev–Trinajstić information content (AvgIpc) is 2.82.